The Balaban J connectivity index is 0.00000259. The molecule has 4 aromatic rings. The van der Waals surface area contributed by atoms with Crippen LogP contribution in [0.4, 0.5) is 13.2 Å². The molecule has 0 aromatic carbocycles. The Hall–Kier alpha value is -3.37. The van der Waals surface area contributed by atoms with Gasteiger partial charge in [-0.3, -0.25) is 14.3 Å². The smallest absolute Gasteiger partial charge is 0.433 e. The number of rotatable bonds is 4. The van der Waals surface area contributed by atoms with E-state index in [2.05, 4.69) is 15.3 Å². The molecule has 7 nitrogen and oxygen atoms in total. The van der Waals surface area contributed by atoms with Gasteiger partial charge in [0, 0.05) is 55.8 Å². The fraction of sp³-hybridized carbons (Fsp3) is 0.227. The summed E-state index contributed by atoms with van der Waals surface area (Å²) in [5.41, 5.74) is 2.85. The average molecular weight is 478 g/mol. The maximum absolute atomic E-state index is 12.6. The second-order valence-corrected chi connectivity index (χ2v) is 7.45. The molecule has 0 spiro atoms. The van der Waals surface area contributed by atoms with Gasteiger partial charge in [0.15, 0.2) is 0 Å². The molecule has 0 saturated carbocycles. The van der Waals surface area contributed by atoms with Gasteiger partial charge in [-0.25, -0.2) is 4.98 Å². The number of pyridine rings is 3. The highest BCUT2D eigenvalue weighted by Crippen LogP contribution is 2.27. The first-order chi connectivity index (χ1) is 15.4. The molecule has 11 heteroatoms. The van der Waals surface area contributed by atoms with E-state index in [-0.39, 0.29) is 24.6 Å². The van der Waals surface area contributed by atoms with E-state index < -0.39 is 11.9 Å². The summed E-state index contributed by atoms with van der Waals surface area (Å²) in [5, 5.41) is 3.33. The minimum Gasteiger partial charge on any atom is -0.489 e. The summed E-state index contributed by atoms with van der Waals surface area (Å²) in [6.45, 7) is 1.65. The van der Waals surface area contributed by atoms with Crippen LogP contribution in [0.5, 0.6) is 5.75 Å². The largest absolute Gasteiger partial charge is 0.489 e. The summed E-state index contributed by atoms with van der Waals surface area (Å²) in [7, 11) is 0. The summed E-state index contributed by atoms with van der Waals surface area (Å²) < 4.78 is 46.9. The normalized spacial score (nSPS) is 13.4. The monoisotopic (exact) mass is 477 g/mol. The number of imidazole rings is 1. The number of alkyl halides is 3. The molecule has 0 atom stereocenters. The predicted octanol–water partition coefficient (Wildman–Crippen LogP) is 3.55. The lowest BCUT2D eigenvalue weighted by Gasteiger charge is -2.12. The van der Waals surface area contributed by atoms with E-state index in [9.17, 15) is 18.0 Å². The highest BCUT2D eigenvalue weighted by atomic mass is 35.5. The molecule has 0 bridgehead atoms. The molecule has 1 aliphatic heterocycles. The number of ether oxygens (including phenoxy) is 1. The Morgan fingerprint density at radius 2 is 1.97 bits per heavy atom. The van der Waals surface area contributed by atoms with E-state index in [0.717, 1.165) is 48.8 Å². The zero-order valence-electron chi connectivity index (χ0n) is 17.2. The molecule has 1 aliphatic rings. The first-order valence-electron chi connectivity index (χ1n) is 9.97. The molecular weight excluding hydrogens is 459 g/mol. The van der Waals surface area contributed by atoms with Crippen molar-refractivity contribution < 1.29 is 17.9 Å². The third-order valence-electron chi connectivity index (χ3n) is 5.31. The Bertz CT molecular complexity index is 1350. The van der Waals surface area contributed by atoms with Crippen molar-refractivity contribution >= 4 is 18.1 Å². The quantitative estimate of drug-likeness (QED) is 0.486. The number of aromatic nitrogens is 4. The summed E-state index contributed by atoms with van der Waals surface area (Å²) in [4.78, 5) is 20.7. The molecule has 0 amide bonds. The van der Waals surface area contributed by atoms with Gasteiger partial charge in [0.25, 0.3) is 5.56 Å². The Kier molecular flexibility index (Phi) is 6.13. The van der Waals surface area contributed by atoms with Crippen molar-refractivity contribution in [1.82, 2.24) is 24.3 Å². The van der Waals surface area contributed by atoms with Gasteiger partial charge in [-0.15, -0.1) is 12.4 Å². The minimum atomic E-state index is -4.49. The topological polar surface area (TPSA) is 73.5 Å². The van der Waals surface area contributed by atoms with Crippen LogP contribution in [-0.4, -0.2) is 25.5 Å². The van der Waals surface area contributed by atoms with E-state index in [1.807, 2.05) is 22.7 Å². The second kappa shape index (κ2) is 8.87. The lowest BCUT2D eigenvalue weighted by atomic mass is 10.2. The number of nitrogens with one attached hydrogen (secondary N) is 1. The lowest BCUT2D eigenvalue weighted by Crippen LogP contribution is -2.24. The van der Waals surface area contributed by atoms with Crippen LogP contribution in [0.25, 0.3) is 11.3 Å². The molecule has 0 saturated heterocycles. The van der Waals surface area contributed by atoms with E-state index in [0.29, 0.717) is 17.0 Å². The third kappa shape index (κ3) is 4.57. The van der Waals surface area contributed by atoms with Crippen molar-refractivity contribution in [3.8, 4) is 11.4 Å². The molecule has 172 valence electrons. The molecule has 0 unspecified atom stereocenters. The van der Waals surface area contributed by atoms with Crippen LogP contribution in [0.3, 0.4) is 0 Å². The molecule has 4 aromatic heterocycles. The summed E-state index contributed by atoms with van der Waals surface area (Å²) in [6, 6.07) is 8.86. The van der Waals surface area contributed by atoms with Crippen LogP contribution in [-0.2, 0) is 25.7 Å². The zero-order chi connectivity index (χ0) is 22.3. The van der Waals surface area contributed by atoms with E-state index in [1.54, 1.807) is 12.3 Å². The van der Waals surface area contributed by atoms with Gasteiger partial charge in [-0.1, -0.05) is 6.07 Å². The van der Waals surface area contributed by atoms with Gasteiger partial charge >= 0.3 is 6.18 Å². The molecule has 33 heavy (non-hydrogen) atoms. The van der Waals surface area contributed by atoms with E-state index in [1.165, 1.54) is 16.7 Å². The maximum Gasteiger partial charge on any atom is 0.433 e. The van der Waals surface area contributed by atoms with Crippen molar-refractivity contribution in [2.75, 3.05) is 6.54 Å². The summed E-state index contributed by atoms with van der Waals surface area (Å²) >= 11 is 0. The van der Waals surface area contributed by atoms with Crippen LogP contribution in [0.15, 0.2) is 59.8 Å². The SMILES string of the molecule is Cl.O=c1cc(OCc2ccc(C(F)(F)F)nc2)ccn1-c1ccn2c3c(nc2c1)CCNC3. The van der Waals surface area contributed by atoms with Crippen molar-refractivity contribution in [1.29, 1.82) is 0 Å². The Morgan fingerprint density at radius 3 is 2.70 bits per heavy atom. The van der Waals surface area contributed by atoms with E-state index in [4.69, 9.17) is 4.74 Å². The Labute approximate surface area is 192 Å². The zero-order valence-corrected chi connectivity index (χ0v) is 18.0. The van der Waals surface area contributed by atoms with Gasteiger partial charge in [-0.2, -0.15) is 13.2 Å². The standard InChI is InChI=1S/C22H18F3N5O2.ClH/c23-22(24,25)19-2-1-14(11-27-19)13-32-16-5-8-29(21(31)10-16)15-4-7-30-18-12-26-6-3-17(18)28-20(30)9-15;/h1-2,4-5,7-11,26H,3,6,12-13H2;1H. The van der Waals surface area contributed by atoms with Gasteiger partial charge < -0.3 is 14.5 Å². The molecule has 0 radical (unpaired) electrons. The lowest BCUT2D eigenvalue weighted by molar-refractivity contribution is -0.141. The molecule has 5 rings (SSSR count). The first-order valence-corrected chi connectivity index (χ1v) is 9.97. The molecular formula is C22H19ClF3N5O2. The van der Waals surface area contributed by atoms with Crippen molar-refractivity contribution in [3.05, 3.63) is 88.0 Å². The highest BCUT2D eigenvalue weighted by molar-refractivity contribution is 5.85. The van der Waals surface area contributed by atoms with Gasteiger partial charge in [-0.05, 0) is 18.2 Å². The number of fused-ring (bicyclic) bond motifs is 3. The first kappa shape index (κ1) is 22.8. The summed E-state index contributed by atoms with van der Waals surface area (Å²) in [5.74, 6) is 0.314. The molecule has 0 aliphatic carbocycles. The fourth-order valence-corrected chi connectivity index (χ4v) is 3.69. The van der Waals surface area contributed by atoms with Crippen LogP contribution < -0.4 is 15.6 Å². The number of hydrogen-bond donors (Lipinski definition) is 1. The van der Waals surface area contributed by atoms with Crippen molar-refractivity contribution in [2.24, 2.45) is 0 Å². The average Bonchev–Trinajstić information content (AvgIpc) is 3.15. The van der Waals surface area contributed by atoms with Crippen molar-refractivity contribution in [2.45, 2.75) is 25.7 Å². The number of hydrogen-bond acceptors (Lipinski definition) is 5. The molecule has 5 heterocycles. The predicted molar refractivity (Wildman–Crippen MR) is 117 cm³/mol. The maximum atomic E-state index is 12.6. The van der Waals surface area contributed by atoms with Crippen LogP contribution in [0.1, 0.15) is 22.6 Å². The van der Waals surface area contributed by atoms with Crippen molar-refractivity contribution in [3.63, 3.8) is 0 Å². The fourth-order valence-electron chi connectivity index (χ4n) is 3.69. The minimum absolute atomic E-state index is 0. The summed E-state index contributed by atoms with van der Waals surface area (Å²) in [6.07, 6.45) is 0.988. The van der Waals surface area contributed by atoms with Gasteiger partial charge in [0.05, 0.1) is 17.1 Å². The molecule has 0 fully saturated rings. The second-order valence-electron chi connectivity index (χ2n) is 7.45. The van der Waals surface area contributed by atoms with Gasteiger partial charge in [0.2, 0.25) is 0 Å². The third-order valence-corrected chi connectivity index (χ3v) is 5.31. The van der Waals surface area contributed by atoms with Gasteiger partial charge in [0.1, 0.15) is 23.7 Å². The van der Waals surface area contributed by atoms with Crippen LogP contribution >= 0.6 is 12.4 Å². The van der Waals surface area contributed by atoms with Crippen LogP contribution in [0, 0.1) is 0 Å². The molecule has 1 N–H and O–H groups in total. The van der Waals surface area contributed by atoms with Crippen LogP contribution in [0.2, 0.25) is 0 Å². The van der Waals surface area contributed by atoms with E-state index >= 15 is 0 Å². The highest BCUT2D eigenvalue weighted by Gasteiger charge is 2.32. The number of halogens is 4. The number of nitrogens with zero attached hydrogens (tertiary/aromatic N) is 4. The Morgan fingerprint density at radius 1 is 1.12 bits per heavy atom.